The van der Waals surface area contributed by atoms with E-state index in [2.05, 4.69) is 20.5 Å². The molecule has 4 rings (SSSR count). The van der Waals surface area contributed by atoms with E-state index in [-0.39, 0.29) is 28.9 Å². The number of hydrogen-bond donors (Lipinski definition) is 3. The van der Waals surface area contributed by atoms with E-state index in [4.69, 9.17) is 0 Å². The predicted molar refractivity (Wildman–Crippen MR) is 135 cm³/mol. The predicted octanol–water partition coefficient (Wildman–Crippen LogP) is 4.86. The lowest BCUT2D eigenvalue weighted by Gasteiger charge is -2.10. The van der Waals surface area contributed by atoms with Gasteiger partial charge in [-0.05, 0) is 79.2 Å². The molecule has 0 radical (unpaired) electrons. The second-order valence-electron chi connectivity index (χ2n) is 7.81. The van der Waals surface area contributed by atoms with Gasteiger partial charge in [0.15, 0.2) is 5.78 Å². The summed E-state index contributed by atoms with van der Waals surface area (Å²) >= 11 is 1.17. The highest BCUT2D eigenvalue weighted by Gasteiger charge is 2.16. The third-order valence-corrected chi connectivity index (χ3v) is 5.98. The molecule has 0 spiro atoms. The number of amides is 1. The molecule has 1 amide bonds. The first-order valence-electron chi connectivity index (χ1n) is 10.7. The number of ketones is 1. The molecule has 176 valence electrons. The van der Waals surface area contributed by atoms with Gasteiger partial charge in [0.05, 0.1) is 5.75 Å². The third kappa shape index (κ3) is 5.82. The van der Waals surface area contributed by atoms with Gasteiger partial charge in [-0.15, -0.1) is 10.2 Å². The van der Waals surface area contributed by atoms with Crippen molar-refractivity contribution in [3.05, 3.63) is 77.9 Å². The number of aryl methyl sites for hydroxylation is 1. The van der Waals surface area contributed by atoms with Crippen molar-refractivity contribution in [2.24, 2.45) is 0 Å². The SMILES string of the molecule is CC(=O)Nc1ccc(C(=O)CSc2nnc(-c3ccc(O)cc3)c(-c3ccc(O)cc3)n2)cc1C. The summed E-state index contributed by atoms with van der Waals surface area (Å²) in [5, 5.41) is 30.9. The van der Waals surface area contributed by atoms with E-state index < -0.39 is 0 Å². The van der Waals surface area contributed by atoms with Gasteiger partial charge >= 0.3 is 0 Å². The summed E-state index contributed by atoms with van der Waals surface area (Å²) in [4.78, 5) is 28.7. The summed E-state index contributed by atoms with van der Waals surface area (Å²) in [5.74, 6) is 0.0834. The molecule has 0 aliphatic carbocycles. The molecule has 0 aliphatic heterocycles. The van der Waals surface area contributed by atoms with Crippen LogP contribution in [-0.4, -0.2) is 42.8 Å². The smallest absolute Gasteiger partial charge is 0.221 e. The molecule has 0 bridgehead atoms. The molecule has 0 atom stereocenters. The highest BCUT2D eigenvalue weighted by Crippen LogP contribution is 2.31. The number of rotatable bonds is 7. The van der Waals surface area contributed by atoms with E-state index in [1.807, 2.05) is 6.92 Å². The van der Waals surface area contributed by atoms with Crippen LogP contribution in [0.1, 0.15) is 22.8 Å². The number of anilines is 1. The van der Waals surface area contributed by atoms with E-state index in [1.54, 1.807) is 66.7 Å². The van der Waals surface area contributed by atoms with Crippen LogP contribution < -0.4 is 5.32 Å². The van der Waals surface area contributed by atoms with Crippen LogP contribution >= 0.6 is 11.8 Å². The van der Waals surface area contributed by atoms with E-state index in [0.29, 0.717) is 33.4 Å². The number of aromatic hydroxyl groups is 2. The van der Waals surface area contributed by atoms with Crippen LogP contribution in [0.3, 0.4) is 0 Å². The third-order valence-electron chi connectivity index (χ3n) is 5.14. The monoisotopic (exact) mass is 486 g/mol. The Morgan fingerprint density at radius 1 is 0.857 bits per heavy atom. The second-order valence-corrected chi connectivity index (χ2v) is 8.75. The van der Waals surface area contributed by atoms with Crippen molar-refractivity contribution in [1.82, 2.24) is 15.2 Å². The molecule has 1 aromatic heterocycles. The van der Waals surface area contributed by atoms with Gasteiger partial charge in [0, 0.05) is 29.3 Å². The maximum Gasteiger partial charge on any atom is 0.221 e. The molecule has 0 saturated heterocycles. The summed E-state index contributed by atoms with van der Waals surface area (Å²) in [7, 11) is 0. The minimum atomic E-state index is -0.174. The van der Waals surface area contributed by atoms with Crippen molar-refractivity contribution >= 4 is 29.1 Å². The average Bonchev–Trinajstić information content (AvgIpc) is 2.84. The largest absolute Gasteiger partial charge is 0.508 e. The standard InChI is InChI=1S/C26H22N4O4S/c1-15-13-19(7-12-22(15)27-16(2)31)23(34)14-35-26-28-24(17-3-8-20(32)9-4-17)25(29-30-26)18-5-10-21(33)11-6-18/h3-13,32-33H,14H2,1-2H3,(H,27,31). The number of carbonyl (C=O) groups is 2. The Labute approximate surface area is 206 Å². The molecule has 1 heterocycles. The summed E-state index contributed by atoms with van der Waals surface area (Å²) < 4.78 is 0. The van der Waals surface area contributed by atoms with Crippen molar-refractivity contribution in [3.63, 3.8) is 0 Å². The first kappa shape index (κ1) is 23.9. The molecular weight excluding hydrogens is 464 g/mol. The van der Waals surface area contributed by atoms with Crippen molar-refractivity contribution in [3.8, 4) is 34.0 Å². The topological polar surface area (TPSA) is 125 Å². The first-order chi connectivity index (χ1) is 16.8. The van der Waals surface area contributed by atoms with E-state index >= 15 is 0 Å². The van der Waals surface area contributed by atoms with Crippen LogP contribution in [-0.2, 0) is 4.79 Å². The lowest BCUT2D eigenvalue weighted by atomic mass is 10.0. The molecule has 0 unspecified atom stereocenters. The molecule has 9 heteroatoms. The Kier molecular flexibility index (Phi) is 7.07. The Morgan fingerprint density at radius 2 is 1.46 bits per heavy atom. The maximum atomic E-state index is 12.8. The van der Waals surface area contributed by atoms with Crippen LogP contribution in [0.25, 0.3) is 22.5 Å². The summed E-state index contributed by atoms with van der Waals surface area (Å²) in [6.07, 6.45) is 0. The molecule has 3 N–H and O–H groups in total. The van der Waals surface area contributed by atoms with E-state index in [1.165, 1.54) is 18.7 Å². The fourth-order valence-electron chi connectivity index (χ4n) is 3.39. The number of nitrogens with zero attached hydrogens (tertiary/aromatic N) is 3. The molecular formula is C26H22N4O4S. The van der Waals surface area contributed by atoms with Crippen LogP contribution in [0.2, 0.25) is 0 Å². The Bertz CT molecular complexity index is 1390. The first-order valence-corrected chi connectivity index (χ1v) is 11.7. The Balaban J connectivity index is 1.58. The lowest BCUT2D eigenvalue weighted by Crippen LogP contribution is -2.09. The van der Waals surface area contributed by atoms with Crippen molar-refractivity contribution in [2.45, 2.75) is 19.0 Å². The number of benzene rings is 3. The van der Waals surface area contributed by atoms with Crippen LogP contribution in [0.4, 0.5) is 5.69 Å². The van der Waals surface area contributed by atoms with Crippen LogP contribution in [0.5, 0.6) is 11.5 Å². The van der Waals surface area contributed by atoms with Gasteiger partial charge in [-0.2, -0.15) is 0 Å². The van der Waals surface area contributed by atoms with Gasteiger partial charge in [-0.25, -0.2) is 4.98 Å². The molecule has 4 aromatic rings. The number of thioether (sulfide) groups is 1. The average molecular weight is 487 g/mol. The van der Waals surface area contributed by atoms with Gasteiger partial charge in [0.2, 0.25) is 11.1 Å². The number of Topliss-reactive ketones (excluding diaryl/α,β-unsaturated/α-hetero) is 1. The van der Waals surface area contributed by atoms with Gasteiger partial charge in [0.1, 0.15) is 22.9 Å². The molecule has 0 aliphatic rings. The maximum absolute atomic E-state index is 12.8. The van der Waals surface area contributed by atoms with Crippen LogP contribution in [0.15, 0.2) is 71.9 Å². The fourth-order valence-corrected chi connectivity index (χ4v) is 4.07. The number of phenols is 2. The molecule has 35 heavy (non-hydrogen) atoms. The molecule has 0 saturated carbocycles. The van der Waals surface area contributed by atoms with Gasteiger partial charge < -0.3 is 15.5 Å². The summed E-state index contributed by atoms with van der Waals surface area (Å²) in [5.41, 5.74) is 4.47. The van der Waals surface area contributed by atoms with Crippen molar-refractivity contribution in [2.75, 3.05) is 11.1 Å². The Morgan fingerprint density at radius 3 is 2.03 bits per heavy atom. The zero-order valence-corrected chi connectivity index (χ0v) is 19.8. The Hall–Kier alpha value is -4.24. The minimum absolute atomic E-state index is 0.105. The van der Waals surface area contributed by atoms with E-state index in [0.717, 1.165) is 11.1 Å². The molecule has 0 fully saturated rings. The fraction of sp³-hybridized carbons (Fsp3) is 0.115. The number of hydrogen-bond acceptors (Lipinski definition) is 8. The van der Waals surface area contributed by atoms with Crippen molar-refractivity contribution in [1.29, 1.82) is 0 Å². The van der Waals surface area contributed by atoms with Gasteiger partial charge in [-0.1, -0.05) is 11.8 Å². The zero-order valence-electron chi connectivity index (χ0n) is 19.0. The summed E-state index contributed by atoms with van der Waals surface area (Å²) in [6.45, 7) is 3.26. The molecule has 3 aromatic carbocycles. The quantitative estimate of drug-likeness (QED) is 0.250. The second kappa shape index (κ2) is 10.4. The number of carbonyl (C=O) groups excluding carboxylic acids is 2. The lowest BCUT2D eigenvalue weighted by molar-refractivity contribution is -0.114. The number of phenolic OH excluding ortho intramolecular Hbond substituents is 2. The highest BCUT2D eigenvalue weighted by atomic mass is 32.2. The molecule has 8 nitrogen and oxygen atoms in total. The number of nitrogens with one attached hydrogen (secondary N) is 1. The van der Waals surface area contributed by atoms with Gasteiger partial charge in [-0.3, -0.25) is 9.59 Å². The number of aromatic nitrogens is 3. The minimum Gasteiger partial charge on any atom is -0.508 e. The van der Waals surface area contributed by atoms with Gasteiger partial charge in [0.25, 0.3) is 0 Å². The van der Waals surface area contributed by atoms with Crippen LogP contribution in [0, 0.1) is 6.92 Å². The summed E-state index contributed by atoms with van der Waals surface area (Å²) in [6, 6.07) is 18.2. The van der Waals surface area contributed by atoms with E-state index in [9.17, 15) is 19.8 Å². The van der Waals surface area contributed by atoms with Crippen molar-refractivity contribution < 1.29 is 19.8 Å². The normalized spacial score (nSPS) is 10.7. The zero-order chi connectivity index (χ0) is 24.9. The highest BCUT2D eigenvalue weighted by molar-refractivity contribution is 7.99.